The van der Waals surface area contributed by atoms with Crippen molar-refractivity contribution in [1.29, 1.82) is 0 Å². The van der Waals surface area contributed by atoms with Crippen LogP contribution in [0.5, 0.6) is 5.75 Å². The van der Waals surface area contributed by atoms with Gasteiger partial charge in [-0.05, 0) is 75.6 Å². The minimum atomic E-state index is -0.611. The lowest BCUT2D eigenvalue weighted by Crippen LogP contribution is -2.51. The van der Waals surface area contributed by atoms with E-state index in [2.05, 4.69) is 4.98 Å². The molecule has 1 fully saturated rings. The highest BCUT2D eigenvalue weighted by Gasteiger charge is 2.34. The molecule has 244 valence electrons. The van der Waals surface area contributed by atoms with Crippen LogP contribution in [-0.2, 0) is 17.6 Å². The standard InChI is InChI=1S/C34H34Cl2N6O5/c1-34(2,3)47-33(45)41-9-7-40(8-10-41)32(44)29-25-6-5-19-12-28(46-4)26(20-11-21(31(37)43)18-38-17-20)16-27(19)30(25)42(39-29)24-14-22(35)13-23(36)15-24/h11-18H,5-10H2,1-4H3,(H2,37,43). The number of rotatable bonds is 5. The average molecular weight is 678 g/mol. The number of methoxy groups -OCH3 is 1. The van der Waals surface area contributed by atoms with Crippen LogP contribution >= 0.6 is 23.2 Å². The maximum absolute atomic E-state index is 14.1. The van der Waals surface area contributed by atoms with Gasteiger partial charge < -0.3 is 25.0 Å². The summed E-state index contributed by atoms with van der Waals surface area (Å²) < 4.78 is 13.0. The Bertz CT molecular complexity index is 1890. The molecule has 47 heavy (non-hydrogen) atoms. The van der Waals surface area contributed by atoms with E-state index in [9.17, 15) is 14.4 Å². The van der Waals surface area contributed by atoms with Crippen LogP contribution in [0.4, 0.5) is 4.79 Å². The number of aromatic nitrogens is 3. The normalized spacial score (nSPS) is 14.3. The zero-order valence-corrected chi connectivity index (χ0v) is 28.0. The van der Waals surface area contributed by atoms with Gasteiger partial charge in [-0.25, -0.2) is 9.48 Å². The minimum absolute atomic E-state index is 0.229. The van der Waals surface area contributed by atoms with Crippen LogP contribution in [0.15, 0.2) is 48.8 Å². The predicted molar refractivity (Wildman–Crippen MR) is 178 cm³/mol. The number of carbonyl (C=O) groups excluding carboxylic acids is 3. The highest BCUT2D eigenvalue weighted by molar-refractivity contribution is 6.34. The van der Waals surface area contributed by atoms with Crippen LogP contribution in [0.25, 0.3) is 28.1 Å². The average Bonchev–Trinajstić information content (AvgIpc) is 3.43. The van der Waals surface area contributed by atoms with E-state index in [1.807, 2.05) is 32.9 Å². The van der Waals surface area contributed by atoms with Crippen molar-refractivity contribution in [1.82, 2.24) is 24.6 Å². The summed E-state index contributed by atoms with van der Waals surface area (Å²) in [4.78, 5) is 46.3. The fraction of sp³-hybridized carbons (Fsp3) is 0.324. The Morgan fingerprint density at radius 1 is 0.872 bits per heavy atom. The number of primary amides is 1. The fourth-order valence-corrected chi connectivity index (χ4v) is 6.49. The molecular formula is C34H34Cl2N6O5. The van der Waals surface area contributed by atoms with Gasteiger partial charge in [0.15, 0.2) is 5.69 Å². The van der Waals surface area contributed by atoms with Crippen molar-refractivity contribution in [2.24, 2.45) is 5.73 Å². The van der Waals surface area contributed by atoms with Crippen LogP contribution < -0.4 is 10.5 Å². The van der Waals surface area contributed by atoms with Crippen molar-refractivity contribution < 1.29 is 23.9 Å². The molecule has 0 spiro atoms. The van der Waals surface area contributed by atoms with Gasteiger partial charge in [-0.2, -0.15) is 5.10 Å². The molecule has 11 nitrogen and oxygen atoms in total. The number of hydrogen-bond donors (Lipinski definition) is 1. The molecule has 4 aromatic rings. The van der Waals surface area contributed by atoms with Crippen molar-refractivity contribution >= 4 is 41.1 Å². The molecular weight excluding hydrogens is 643 g/mol. The summed E-state index contributed by atoms with van der Waals surface area (Å²) in [5.41, 5.74) is 10.8. The van der Waals surface area contributed by atoms with E-state index in [1.54, 1.807) is 52.1 Å². The lowest BCUT2D eigenvalue weighted by Gasteiger charge is -2.35. The van der Waals surface area contributed by atoms with E-state index in [0.29, 0.717) is 77.3 Å². The third-order valence-electron chi connectivity index (χ3n) is 8.16. The van der Waals surface area contributed by atoms with E-state index in [4.69, 9.17) is 43.5 Å². The van der Waals surface area contributed by atoms with Crippen molar-refractivity contribution in [2.45, 2.75) is 39.2 Å². The molecule has 3 heterocycles. The first-order valence-electron chi connectivity index (χ1n) is 15.1. The molecule has 2 N–H and O–H groups in total. The molecule has 2 aromatic heterocycles. The van der Waals surface area contributed by atoms with E-state index in [-0.39, 0.29) is 11.5 Å². The summed E-state index contributed by atoms with van der Waals surface area (Å²) in [7, 11) is 1.59. The van der Waals surface area contributed by atoms with Gasteiger partial charge in [0.25, 0.3) is 5.91 Å². The zero-order valence-electron chi connectivity index (χ0n) is 26.5. The molecule has 1 aliphatic carbocycles. The number of piperazine rings is 1. The molecule has 0 saturated carbocycles. The number of hydrogen-bond acceptors (Lipinski definition) is 7. The first kappa shape index (κ1) is 32.3. The lowest BCUT2D eigenvalue weighted by molar-refractivity contribution is 0.0140. The van der Waals surface area contributed by atoms with Crippen LogP contribution in [0.3, 0.4) is 0 Å². The second-order valence-electron chi connectivity index (χ2n) is 12.5. The molecule has 3 amide bonds. The van der Waals surface area contributed by atoms with Crippen LogP contribution in [-0.4, -0.2) is 81.4 Å². The SMILES string of the molecule is COc1cc2c(cc1-c1cncc(C(N)=O)c1)-c1c(c(C(=O)N3CCN(C(=O)OC(C)(C)C)CC3)nn1-c1cc(Cl)cc(Cl)c1)CC2. The van der Waals surface area contributed by atoms with Gasteiger partial charge in [0.1, 0.15) is 11.4 Å². The first-order chi connectivity index (χ1) is 22.3. The Labute approximate surface area is 282 Å². The molecule has 1 aliphatic heterocycles. The van der Waals surface area contributed by atoms with Gasteiger partial charge in [-0.1, -0.05) is 23.2 Å². The first-order valence-corrected chi connectivity index (χ1v) is 15.9. The number of nitrogens with two attached hydrogens (primary N) is 1. The Balaban J connectivity index is 1.44. The highest BCUT2D eigenvalue weighted by atomic mass is 35.5. The number of pyridine rings is 1. The smallest absolute Gasteiger partial charge is 0.410 e. The molecule has 2 aromatic carbocycles. The van der Waals surface area contributed by atoms with Gasteiger partial charge in [-0.3, -0.25) is 14.6 Å². The number of nitrogens with zero attached hydrogens (tertiary/aromatic N) is 5. The summed E-state index contributed by atoms with van der Waals surface area (Å²) in [5, 5.41) is 5.74. The Morgan fingerprint density at radius 2 is 1.55 bits per heavy atom. The number of aryl methyl sites for hydroxylation is 1. The van der Waals surface area contributed by atoms with Gasteiger partial charge in [0, 0.05) is 70.9 Å². The summed E-state index contributed by atoms with van der Waals surface area (Å²) in [6, 6.07) is 10.7. The van der Waals surface area contributed by atoms with E-state index in [0.717, 1.165) is 22.4 Å². The largest absolute Gasteiger partial charge is 0.496 e. The van der Waals surface area contributed by atoms with E-state index < -0.39 is 17.6 Å². The van der Waals surface area contributed by atoms with Crippen molar-refractivity contribution in [2.75, 3.05) is 33.3 Å². The molecule has 0 radical (unpaired) electrons. The third-order valence-corrected chi connectivity index (χ3v) is 8.59. The monoisotopic (exact) mass is 676 g/mol. The number of fused-ring (bicyclic) bond motifs is 3. The predicted octanol–water partition coefficient (Wildman–Crippen LogP) is 5.81. The number of benzene rings is 2. The molecule has 2 aliphatic rings. The summed E-state index contributed by atoms with van der Waals surface area (Å²) >= 11 is 12.9. The molecule has 0 bridgehead atoms. The van der Waals surface area contributed by atoms with Crippen LogP contribution in [0.1, 0.15) is 52.7 Å². The Morgan fingerprint density at radius 3 is 2.19 bits per heavy atom. The van der Waals surface area contributed by atoms with E-state index >= 15 is 0 Å². The second-order valence-corrected chi connectivity index (χ2v) is 13.4. The number of carbonyl (C=O) groups is 3. The fourth-order valence-electron chi connectivity index (χ4n) is 5.98. The summed E-state index contributed by atoms with van der Waals surface area (Å²) in [5.74, 6) is -0.219. The quantitative estimate of drug-likeness (QED) is 0.282. The van der Waals surface area contributed by atoms with Crippen molar-refractivity contribution in [3.63, 3.8) is 0 Å². The molecule has 0 atom stereocenters. The maximum atomic E-state index is 14.1. The number of ether oxygens (including phenoxy) is 2. The van der Waals surface area contributed by atoms with Crippen molar-refractivity contribution in [3.8, 4) is 33.8 Å². The molecule has 13 heteroatoms. The Hall–Kier alpha value is -4.61. The van der Waals surface area contributed by atoms with Gasteiger partial charge in [0.2, 0.25) is 5.91 Å². The number of amides is 3. The third kappa shape index (κ3) is 6.50. The van der Waals surface area contributed by atoms with Crippen LogP contribution in [0.2, 0.25) is 10.0 Å². The molecule has 1 saturated heterocycles. The maximum Gasteiger partial charge on any atom is 0.410 e. The van der Waals surface area contributed by atoms with Gasteiger partial charge >= 0.3 is 6.09 Å². The highest BCUT2D eigenvalue weighted by Crippen LogP contribution is 2.43. The molecule has 6 rings (SSSR count). The summed E-state index contributed by atoms with van der Waals surface area (Å²) in [6.07, 6.45) is 3.84. The zero-order chi connectivity index (χ0) is 33.6. The minimum Gasteiger partial charge on any atom is -0.496 e. The lowest BCUT2D eigenvalue weighted by atomic mass is 9.86. The van der Waals surface area contributed by atoms with E-state index in [1.165, 1.54) is 6.20 Å². The van der Waals surface area contributed by atoms with Crippen LogP contribution in [0, 0.1) is 0 Å². The van der Waals surface area contributed by atoms with Crippen molar-refractivity contribution in [3.05, 3.63) is 81.2 Å². The summed E-state index contributed by atoms with van der Waals surface area (Å²) in [6.45, 7) is 6.83. The molecule has 0 unspecified atom stereocenters. The second kappa shape index (κ2) is 12.5. The number of halogens is 2. The Kier molecular flexibility index (Phi) is 8.62. The van der Waals surface area contributed by atoms with Gasteiger partial charge in [0.05, 0.1) is 24.1 Å². The topological polar surface area (TPSA) is 133 Å². The van der Waals surface area contributed by atoms with Gasteiger partial charge in [-0.15, -0.1) is 0 Å².